The summed E-state index contributed by atoms with van der Waals surface area (Å²) < 4.78 is 0. The van der Waals surface area contributed by atoms with Crippen molar-refractivity contribution >= 4 is 17.4 Å². The lowest BCUT2D eigenvalue weighted by Crippen LogP contribution is -2.26. The van der Waals surface area contributed by atoms with Crippen LogP contribution in [0.2, 0.25) is 5.15 Å². The largest absolute Gasteiger partial charge is 0.371 e. The van der Waals surface area contributed by atoms with Gasteiger partial charge in [-0.2, -0.15) is 0 Å². The number of rotatable bonds is 3. The van der Waals surface area contributed by atoms with E-state index in [9.17, 15) is 0 Å². The molecule has 0 bridgehead atoms. The van der Waals surface area contributed by atoms with Gasteiger partial charge in [0.25, 0.3) is 0 Å². The van der Waals surface area contributed by atoms with Crippen LogP contribution in [0.4, 0.5) is 0 Å². The number of aromatic nitrogens is 1. The maximum absolute atomic E-state index is 5.73. The van der Waals surface area contributed by atoms with Crippen LogP contribution in [0.15, 0.2) is 23.3 Å². The molecule has 3 nitrogen and oxygen atoms in total. The van der Waals surface area contributed by atoms with Gasteiger partial charge in [-0.05, 0) is 31.9 Å². The summed E-state index contributed by atoms with van der Waals surface area (Å²) in [4.78, 5) is 8.67. The summed E-state index contributed by atoms with van der Waals surface area (Å²) in [5.74, 6) is 1.10. The van der Waals surface area contributed by atoms with Crippen molar-refractivity contribution in [3.8, 4) is 0 Å². The van der Waals surface area contributed by atoms with Crippen LogP contribution in [-0.2, 0) is 6.42 Å². The van der Waals surface area contributed by atoms with Gasteiger partial charge in [-0.3, -0.25) is 4.99 Å². The quantitative estimate of drug-likeness (QED) is 0.820. The Morgan fingerprint density at radius 3 is 2.75 bits per heavy atom. The minimum Gasteiger partial charge on any atom is -0.371 e. The van der Waals surface area contributed by atoms with Crippen LogP contribution in [0.5, 0.6) is 0 Å². The zero-order valence-electron chi connectivity index (χ0n) is 9.63. The van der Waals surface area contributed by atoms with E-state index in [0.717, 1.165) is 25.2 Å². The van der Waals surface area contributed by atoms with E-state index < -0.39 is 0 Å². The van der Waals surface area contributed by atoms with Crippen LogP contribution in [0, 0.1) is 0 Å². The molecule has 0 amide bonds. The summed E-state index contributed by atoms with van der Waals surface area (Å²) in [7, 11) is 0. The Kier molecular flexibility index (Phi) is 3.15. The number of hydrogen-bond acceptors (Lipinski definition) is 3. The molecule has 1 aromatic rings. The van der Waals surface area contributed by atoms with Crippen molar-refractivity contribution in [3.63, 3.8) is 0 Å². The molecule has 0 unspecified atom stereocenters. The average molecular weight is 238 g/mol. The van der Waals surface area contributed by atoms with Crippen molar-refractivity contribution in [1.82, 2.24) is 10.3 Å². The molecule has 0 spiro atoms. The predicted octanol–water partition coefficient (Wildman–Crippen LogP) is 2.45. The fraction of sp³-hybridized carbons (Fsp3) is 0.500. The maximum atomic E-state index is 5.73. The number of aliphatic imine (C=N–C) groups is 1. The monoisotopic (exact) mass is 237 g/mol. The van der Waals surface area contributed by atoms with E-state index in [0.29, 0.717) is 5.15 Å². The van der Waals surface area contributed by atoms with E-state index in [1.807, 2.05) is 18.3 Å². The first-order chi connectivity index (χ1) is 7.55. The molecule has 16 heavy (non-hydrogen) atoms. The van der Waals surface area contributed by atoms with E-state index in [1.165, 1.54) is 5.56 Å². The Morgan fingerprint density at radius 1 is 1.38 bits per heavy atom. The normalized spacial score (nSPS) is 18.1. The van der Waals surface area contributed by atoms with Gasteiger partial charge < -0.3 is 5.32 Å². The van der Waals surface area contributed by atoms with Crippen molar-refractivity contribution in [2.75, 3.05) is 6.54 Å². The third-order valence-electron chi connectivity index (χ3n) is 2.60. The third-order valence-corrected chi connectivity index (χ3v) is 2.83. The van der Waals surface area contributed by atoms with Crippen LogP contribution < -0.4 is 5.32 Å². The van der Waals surface area contributed by atoms with Crippen LogP contribution in [0.3, 0.4) is 0 Å². The number of nitrogens with zero attached hydrogens (tertiary/aromatic N) is 2. The Labute approximate surface area is 101 Å². The molecule has 0 fully saturated rings. The van der Waals surface area contributed by atoms with Gasteiger partial charge in [0, 0.05) is 19.2 Å². The van der Waals surface area contributed by atoms with Gasteiger partial charge in [0.15, 0.2) is 0 Å². The summed E-state index contributed by atoms with van der Waals surface area (Å²) in [6.45, 7) is 5.20. The molecule has 0 aliphatic carbocycles. The lowest BCUT2D eigenvalue weighted by atomic mass is 10.1. The first-order valence-corrected chi connectivity index (χ1v) is 5.86. The molecule has 1 N–H and O–H groups in total. The van der Waals surface area contributed by atoms with Crippen molar-refractivity contribution in [2.24, 2.45) is 4.99 Å². The van der Waals surface area contributed by atoms with Crippen molar-refractivity contribution in [1.29, 1.82) is 0 Å². The maximum Gasteiger partial charge on any atom is 0.129 e. The standard InChI is InChI=1S/C12H16ClN3/c1-12(2)8-15-11(16-12)6-4-9-3-5-10(13)14-7-9/h3,5,7H,4,6,8H2,1-2H3,(H,15,16). The van der Waals surface area contributed by atoms with Gasteiger partial charge in [-0.25, -0.2) is 4.98 Å². The van der Waals surface area contributed by atoms with Gasteiger partial charge in [-0.1, -0.05) is 17.7 Å². The zero-order chi connectivity index (χ0) is 11.6. The number of aryl methyl sites for hydroxylation is 1. The van der Waals surface area contributed by atoms with Crippen LogP contribution in [0.25, 0.3) is 0 Å². The minimum absolute atomic E-state index is 0.0492. The third kappa shape index (κ3) is 2.95. The highest BCUT2D eigenvalue weighted by Gasteiger charge is 2.23. The minimum atomic E-state index is 0.0492. The lowest BCUT2D eigenvalue weighted by Gasteiger charge is -2.09. The fourth-order valence-corrected chi connectivity index (χ4v) is 1.84. The number of amidine groups is 1. The molecule has 1 aliphatic heterocycles. The summed E-state index contributed by atoms with van der Waals surface area (Å²) >= 11 is 5.73. The molecule has 86 valence electrons. The molecule has 0 aromatic carbocycles. The lowest BCUT2D eigenvalue weighted by molar-refractivity contribution is 0.549. The second-order valence-corrected chi connectivity index (χ2v) is 5.10. The number of halogens is 1. The van der Waals surface area contributed by atoms with E-state index in [1.54, 1.807) is 0 Å². The fourth-order valence-electron chi connectivity index (χ4n) is 1.72. The molecule has 2 heterocycles. The van der Waals surface area contributed by atoms with Crippen LogP contribution in [0.1, 0.15) is 25.8 Å². The summed E-state index contributed by atoms with van der Waals surface area (Å²) in [6, 6.07) is 3.83. The molecule has 4 heteroatoms. The van der Waals surface area contributed by atoms with Crippen molar-refractivity contribution in [3.05, 3.63) is 29.0 Å². The first kappa shape index (κ1) is 11.4. The number of nitrogens with one attached hydrogen (secondary N) is 1. The SMILES string of the molecule is CC1(C)CNC(CCc2ccc(Cl)nc2)=N1. The molecule has 2 rings (SSSR count). The molecule has 1 aromatic heterocycles. The first-order valence-electron chi connectivity index (χ1n) is 5.48. The highest BCUT2D eigenvalue weighted by Crippen LogP contribution is 2.15. The zero-order valence-corrected chi connectivity index (χ0v) is 10.4. The Morgan fingerprint density at radius 2 is 2.19 bits per heavy atom. The van der Waals surface area contributed by atoms with Crippen molar-refractivity contribution < 1.29 is 0 Å². The van der Waals surface area contributed by atoms with Gasteiger partial charge in [0.05, 0.1) is 11.4 Å². The Hall–Kier alpha value is -1.09. The molecule has 0 radical (unpaired) electrons. The Bertz CT molecular complexity index is 395. The van der Waals surface area contributed by atoms with Gasteiger partial charge in [-0.15, -0.1) is 0 Å². The molecule has 1 aliphatic rings. The molecule has 0 atom stereocenters. The number of hydrogen-bond donors (Lipinski definition) is 1. The van der Waals surface area contributed by atoms with Crippen LogP contribution >= 0.6 is 11.6 Å². The number of pyridine rings is 1. The van der Waals surface area contributed by atoms with Gasteiger partial charge in [0.2, 0.25) is 0 Å². The van der Waals surface area contributed by atoms with E-state index >= 15 is 0 Å². The van der Waals surface area contributed by atoms with Crippen molar-refractivity contribution in [2.45, 2.75) is 32.2 Å². The highest BCUT2D eigenvalue weighted by molar-refractivity contribution is 6.29. The topological polar surface area (TPSA) is 37.3 Å². The smallest absolute Gasteiger partial charge is 0.129 e. The second kappa shape index (κ2) is 4.42. The molecular weight excluding hydrogens is 222 g/mol. The summed E-state index contributed by atoms with van der Waals surface area (Å²) in [6.07, 6.45) is 3.71. The van der Waals surface area contributed by atoms with Gasteiger partial charge in [0.1, 0.15) is 5.15 Å². The molecule has 0 saturated carbocycles. The average Bonchev–Trinajstić information content (AvgIpc) is 2.58. The predicted molar refractivity (Wildman–Crippen MR) is 67.1 cm³/mol. The highest BCUT2D eigenvalue weighted by atomic mass is 35.5. The Balaban J connectivity index is 1.91. The van der Waals surface area contributed by atoms with E-state index in [-0.39, 0.29) is 5.54 Å². The van der Waals surface area contributed by atoms with Gasteiger partial charge >= 0.3 is 0 Å². The van der Waals surface area contributed by atoms with Crippen LogP contribution in [-0.4, -0.2) is 22.9 Å². The van der Waals surface area contributed by atoms with E-state index in [4.69, 9.17) is 11.6 Å². The second-order valence-electron chi connectivity index (χ2n) is 4.71. The molecule has 0 saturated heterocycles. The summed E-state index contributed by atoms with van der Waals surface area (Å²) in [5, 5.41) is 3.87. The van der Waals surface area contributed by atoms with E-state index in [2.05, 4.69) is 29.1 Å². The molecular formula is C12H16ClN3. The summed E-state index contributed by atoms with van der Waals surface area (Å²) in [5.41, 5.74) is 1.24.